The number of aliphatic hydroxyl groups excluding tert-OH is 1. The number of thiazole rings is 1. The number of nitrogens with zero attached hydrogens (tertiary/aromatic N) is 3. The molecule has 4 aromatic rings. The molecule has 10 nitrogen and oxygen atoms in total. The number of carbonyl (C=O) groups is 2. The monoisotopic (exact) mass is 600 g/mol. The highest BCUT2D eigenvalue weighted by molar-refractivity contribution is 7.21. The van der Waals surface area contributed by atoms with E-state index in [2.05, 4.69) is 25.5 Å². The Kier molecular flexibility index (Phi) is 9.14. The lowest BCUT2D eigenvalue weighted by Gasteiger charge is -2.30. The number of fused-ring (bicyclic) bond motifs is 1. The van der Waals surface area contributed by atoms with Gasteiger partial charge in [-0.1, -0.05) is 43.4 Å². The highest BCUT2D eigenvalue weighted by Crippen LogP contribution is 2.31. The molecule has 4 N–H and O–H groups in total. The number of pyridine rings is 1. The molecule has 2 amide bonds. The number of nitrogens with one attached hydrogen (secondary N) is 3. The molecule has 2 aromatic heterocycles. The summed E-state index contributed by atoms with van der Waals surface area (Å²) >= 11 is 1.28. The van der Waals surface area contributed by atoms with Gasteiger partial charge in [-0.3, -0.25) is 14.5 Å². The largest absolute Gasteiger partial charge is 0.439 e. The maximum atomic E-state index is 13.0. The zero-order chi connectivity index (χ0) is 30.6. The average Bonchev–Trinajstić information content (AvgIpc) is 3.40. The van der Waals surface area contributed by atoms with E-state index in [0.717, 1.165) is 37.1 Å². The first kappa shape index (κ1) is 30.3. The van der Waals surface area contributed by atoms with Crippen molar-refractivity contribution in [2.75, 3.05) is 36.9 Å². The summed E-state index contributed by atoms with van der Waals surface area (Å²) in [5.74, 6) is 0.856. The van der Waals surface area contributed by atoms with Crippen molar-refractivity contribution in [1.82, 2.24) is 14.9 Å². The third-order valence-electron chi connectivity index (χ3n) is 7.70. The van der Waals surface area contributed by atoms with E-state index in [0.29, 0.717) is 44.3 Å². The van der Waals surface area contributed by atoms with Crippen LogP contribution in [0.25, 0.3) is 10.3 Å². The Bertz CT molecular complexity index is 1640. The molecule has 1 aliphatic heterocycles. The highest BCUT2D eigenvalue weighted by atomic mass is 32.1. The lowest BCUT2D eigenvalue weighted by Crippen LogP contribution is -2.39. The van der Waals surface area contributed by atoms with Gasteiger partial charge in [0.15, 0.2) is 5.13 Å². The summed E-state index contributed by atoms with van der Waals surface area (Å²) in [5.41, 5.74) is 3.01. The quantitative estimate of drug-likeness (QED) is 0.173. The fourth-order valence-corrected chi connectivity index (χ4v) is 5.69. The third-order valence-corrected chi connectivity index (χ3v) is 8.58. The Morgan fingerprint density at radius 3 is 2.65 bits per heavy atom. The summed E-state index contributed by atoms with van der Waals surface area (Å²) in [5, 5.41) is 23.3. The van der Waals surface area contributed by atoms with Gasteiger partial charge in [-0.15, -0.1) is 0 Å². The van der Waals surface area contributed by atoms with E-state index >= 15 is 0 Å². The fraction of sp³-hybridized carbons (Fsp3) is 0.344. The van der Waals surface area contributed by atoms with Gasteiger partial charge in [-0.2, -0.15) is 0 Å². The summed E-state index contributed by atoms with van der Waals surface area (Å²) in [6.45, 7) is 7.85. The minimum Gasteiger partial charge on any atom is -0.439 e. The number of aryl methyl sites for hydroxylation is 1. The van der Waals surface area contributed by atoms with E-state index in [9.17, 15) is 14.7 Å². The predicted molar refractivity (Wildman–Crippen MR) is 170 cm³/mol. The molecule has 0 radical (unpaired) electrons. The van der Waals surface area contributed by atoms with E-state index in [4.69, 9.17) is 10.1 Å². The fourth-order valence-electron chi connectivity index (χ4n) is 4.85. The summed E-state index contributed by atoms with van der Waals surface area (Å²) in [4.78, 5) is 37.5. The van der Waals surface area contributed by atoms with Crippen LogP contribution in [0, 0.1) is 18.3 Å². The molecule has 43 heavy (non-hydrogen) atoms. The molecule has 1 fully saturated rings. The second-order valence-electron chi connectivity index (χ2n) is 11.4. The maximum absolute atomic E-state index is 13.0. The van der Waals surface area contributed by atoms with Crippen molar-refractivity contribution in [3.05, 3.63) is 71.3 Å². The molecule has 2 aromatic carbocycles. The summed E-state index contributed by atoms with van der Waals surface area (Å²) in [6, 6.07) is 16.2. The standard InChI is InChI=1S/C32H36N6O4S/c1-20-7-8-24(34-29(41)22-5-4-6-23(15-22)32(2,3)19-33)16-26(20)42-28-10-9-25-30(37-28)43-31(35-25)36-27(40)17-38-13-11-21(18-39)12-14-38/h4-10,15-16,19,21,33,39H,11-14,17-18H2,1-3H3,(H,34,41)(H,35,36,40). The minimum absolute atomic E-state index is 0.127. The van der Waals surface area contributed by atoms with Gasteiger partial charge in [0, 0.05) is 41.6 Å². The molecule has 11 heteroatoms. The summed E-state index contributed by atoms with van der Waals surface area (Å²) in [6.07, 6.45) is 3.16. The first-order valence-electron chi connectivity index (χ1n) is 14.3. The first-order chi connectivity index (χ1) is 20.6. The van der Waals surface area contributed by atoms with Crippen LogP contribution in [0.1, 0.15) is 48.2 Å². The normalized spacial score (nSPS) is 14.4. The number of piperidine rings is 1. The second-order valence-corrected chi connectivity index (χ2v) is 12.4. The van der Waals surface area contributed by atoms with Gasteiger partial charge >= 0.3 is 0 Å². The van der Waals surface area contributed by atoms with Gasteiger partial charge in [0.1, 0.15) is 16.1 Å². The van der Waals surface area contributed by atoms with E-state index in [1.165, 1.54) is 17.6 Å². The molecule has 0 unspecified atom stereocenters. The van der Waals surface area contributed by atoms with E-state index < -0.39 is 5.41 Å². The lowest BCUT2D eigenvalue weighted by molar-refractivity contribution is -0.117. The van der Waals surface area contributed by atoms with Crippen LogP contribution in [0.2, 0.25) is 0 Å². The first-order valence-corrected chi connectivity index (χ1v) is 15.1. The Morgan fingerprint density at radius 2 is 1.91 bits per heavy atom. The van der Waals surface area contributed by atoms with Crippen molar-refractivity contribution in [2.45, 2.75) is 39.0 Å². The van der Waals surface area contributed by atoms with Crippen LogP contribution in [0.5, 0.6) is 11.6 Å². The molecule has 0 bridgehead atoms. The number of amides is 2. The summed E-state index contributed by atoms with van der Waals surface area (Å²) < 4.78 is 6.11. The SMILES string of the molecule is Cc1ccc(NC(=O)c2cccc(C(C)(C)C=N)c2)cc1Oc1ccc2nc(NC(=O)CN3CCC(CO)CC3)sc2n1. The lowest BCUT2D eigenvalue weighted by atomic mass is 9.85. The Hall–Kier alpha value is -4.19. The van der Waals surface area contributed by atoms with Crippen LogP contribution in [0.15, 0.2) is 54.6 Å². The number of benzene rings is 2. The number of rotatable bonds is 10. The highest BCUT2D eigenvalue weighted by Gasteiger charge is 2.21. The van der Waals surface area contributed by atoms with Crippen LogP contribution in [-0.2, 0) is 10.2 Å². The van der Waals surface area contributed by atoms with Crippen LogP contribution in [0.4, 0.5) is 10.8 Å². The number of hydrogen-bond donors (Lipinski definition) is 4. The van der Waals surface area contributed by atoms with Gasteiger partial charge in [0.25, 0.3) is 5.91 Å². The number of likely N-dealkylation sites (tertiary alicyclic amines) is 1. The van der Waals surface area contributed by atoms with Crippen LogP contribution in [-0.4, -0.2) is 64.2 Å². The van der Waals surface area contributed by atoms with Crippen molar-refractivity contribution in [3.63, 3.8) is 0 Å². The predicted octanol–water partition coefficient (Wildman–Crippen LogP) is 5.61. The molecular formula is C32H36N6O4S. The van der Waals surface area contributed by atoms with Gasteiger partial charge < -0.3 is 25.9 Å². The van der Waals surface area contributed by atoms with E-state index in [-0.39, 0.29) is 25.0 Å². The molecule has 1 saturated heterocycles. The molecule has 0 atom stereocenters. The van der Waals surface area contributed by atoms with E-state index in [1.54, 1.807) is 30.3 Å². The van der Waals surface area contributed by atoms with Gasteiger partial charge in [0.2, 0.25) is 11.8 Å². The summed E-state index contributed by atoms with van der Waals surface area (Å²) in [7, 11) is 0. The van der Waals surface area contributed by atoms with Gasteiger partial charge in [0.05, 0.1) is 6.54 Å². The zero-order valence-electron chi connectivity index (χ0n) is 24.5. The number of carbonyl (C=O) groups excluding carboxylic acids is 2. The molecule has 224 valence electrons. The molecular weight excluding hydrogens is 564 g/mol. The van der Waals surface area contributed by atoms with Crippen molar-refractivity contribution in [1.29, 1.82) is 5.41 Å². The van der Waals surface area contributed by atoms with Crippen molar-refractivity contribution in [2.24, 2.45) is 5.92 Å². The van der Waals surface area contributed by atoms with Crippen molar-refractivity contribution < 1.29 is 19.4 Å². The number of aromatic nitrogens is 2. The van der Waals surface area contributed by atoms with Gasteiger partial charge in [-0.25, -0.2) is 9.97 Å². The van der Waals surface area contributed by atoms with Crippen LogP contribution in [0.3, 0.4) is 0 Å². The topological polar surface area (TPSA) is 141 Å². The van der Waals surface area contributed by atoms with E-state index in [1.807, 2.05) is 45.0 Å². The Balaban J connectivity index is 1.23. The number of aliphatic hydroxyl groups is 1. The van der Waals surface area contributed by atoms with Crippen LogP contribution >= 0.6 is 11.3 Å². The molecule has 0 spiro atoms. The average molecular weight is 601 g/mol. The molecule has 0 saturated carbocycles. The van der Waals surface area contributed by atoms with Crippen molar-refractivity contribution >= 4 is 50.5 Å². The number of anilines is 2. The smallest absolute Gasteiger partial charge is 0.255 e. The number of hydrogen-bond acceptors (Lipinski definition) is 9. The van der Waals surface area contributed by atoms with Crippen molar-refractivity contribution in [3.8, 4) is 11.6 Å². The molecule has 3 heterocycles. The van der Waals surface area contributed by atoms with Crippen LogP contribution < -0.4 is 15.4 Å². The zero-order valence-corrected chi connectivity index (χ0v) is 25.3. The molecule has 0 aliphatic carbocycles. The van der Waals surface area contributed by atoms with Gasteiger partial charge in [-0.05, 0) is 74.2 Å². The maximum Gasteiger partial charge on any atom is 0.255 e. The Morgan fingerprint density at radius 1 is 1.12 bits per heavy atom. The minimum atomic E-state index is -0.474. The third kappa shape index (κ3) is 7.42. The Labute approximate surface area is 254 Å². The molecule has 1 aliphatic rings. The number of ether oxygens (including phenoxy) is 1. The molecule has 5 rings (SSSR count). The second kappa shape index (κ2) is 13.0.